The zero-order valence-electron chi connectivity index (χ0n) is 8.40. The molecule has 0 spiro atoms. The lowest BCUT2D eigenvalue weighted by Crippen LogP contribution is -2.25. The van der Waals surface area contributed by atoms with Crippen LogP contribution in [0.15, 0.2) is 18.2 Å². The molecule has 1 amide bonds. The molecule has 0 radical (unpaired) electrons. The summed E-state index contributed by atoms with van der Waals surface area (Å²) in [6.45, 7) is 2.25. The van der Waals surface area contributed by atoms with E-state index in [1.165, 1.54) is 6.07 Å². The van der Waals surface area contributed by atoms with Crippen LogP contribution >= 0.6 is 12.6 Å². The highest BCUT2D eigenvalue weighted by atomic mass is 32.1. The lowest BCUT2D eigenvalue weighted by atomic mass is 10.2. The quantitative estimate of drug-likeness (QED) is 0.726. The van der Waals surface area contributed by atoms with Crippen molar-refractivity contribution in [3.05, 3.63) is 29.6 Å². The summed E-state index contributed by atoms with van der Waals surface area (Å²) in [7, 11) is 0. The van der Waals surface area contributed by atoms with Gasteiger partial charge in [-0.3, -0.25) is 4.79 Å². The summed E-state index contributed by atoms with van der Waals surface area (Å²) in [4.78, 5) is 13.2. The fourth-order valence-corrected chi connectivity index (χ4v) is 2.13. The van der Waals surface area contributed by atoms with E-state index in [-0.39, 0.29) is 17.0 Å². The monoisotopic (exact) mass is 225 g/mol. The van der Waals surface area contributed by atoms with Crippen LogP contribution in [0.5, 0.6) is 0 Å². The first-order valence-electron chi connectivity index (χ1n) is 4.83. The maximum Gasteiger partial charge on any atom is 0.228 e. The van der Waals surface area contributed by atoms with Gasteiger partial charge in [0, 0.05) is 29.5 Å². The molecular formula is C11H12FNOS. The fourth-order valence-electron chi connectivity index (χ4n) is 1.81. The van der Waals surface area contributed by atoms with E-state index in [0.717, 1.165) is 0 Å². The Balaban J connectivity index is 2.38. The zero-order valence-corrected chi connectivity index (χ0v) is 9.30. The number of thiol groups is 1. The molecule has 1 aliphatic rings. The second-order valence-corrected chi connectivity index (χ2v) is 4.48. The van der Waals surface area contributed by atoms with Crippen molar-refractivity contribution in [1.82, 2.24) is 0 Å². The first-order valence-corrected chi connectivity index (χ1v) is 5.35. The van der Waals surface area contributed by atoms with Crippen molar-refractivity contribution in [1.29, 1.82) is 0 Å². The molecule has 0 aromatic heterocycles. The van der Waals surface area contributed by atoms with Crippen LogP contribution in [0.2, 0.25) is 0 Å². The highest BCUT2D eigenvalue weighted by Crippen LogP contribution is 2.28. The molecule has 1 aromatic rings. The van der Waals surface area contributed by atoms with Gasteiger partial charge in [0.15, 0.2) is 0 Å². The average molecular weight is 225 g/mol. The second-order valence-electron chi connectivity index (χ2n) is 3.75. The molecule has 0 N–H and O–H groups in total. The van der Waals surface area contributed by atoms with E-state index in [1.807, 2.05) is 0 Å². The maximum absolute atomic E-state index is 13.3. The van der Waals surface area contributed by atoms with Crippen LogP contribution in [0.4, 0.5) is 10.1 Å². The molecule has 2 nitrogen and oxygen atoms in total. The van der Waals surface area contributed by atoms with Gasteiger partial charge >= 0.3 is 0 Å². The Bertz CT molecular complexity index is 408. The minimum Gasteiger partial charge on any atom is -0.311 e. The van der Waals surface area contributed by atoms with Crippen LogP contribution in [0.3, 0.4) is 0 Å². The molecule has 0 bridgehead atoms. The highest BCUT2D eigenvalue weighted by Gasteiger charge is 2.29. The summed E-state index contributed by atoms with van der Waals surface area (Å²) in [5, 5.41) is 0.0557. The Morgan fingerprint density at radius 3 is 2.87 bits per heavy atom. The number of nitrogens with zero attached hydrogens (tertiary/aromatic N) is 1. The van der Waals surface area contributed by atoms with Crippen molar-refractivity contribution < 1.29 is 9.18 Å². The first-order chi connectivity index (χ1) is 7.09. The number of hydrogen-bond donors (Lipinski definition) is 1. The summed E-state index contributed by atoms with van der Waals surface area (Å²) in [6.07, 6.45) is 0.430. The van der Waals surface area contributed by atoms with Gasteiger partial charge in [-0.15, -0.1) is 0 Å². The number of rotatable bonds is 1. The van der Waals surface area contributed by atoms with Gasteiger partial charge in [0.25, 0.3) is 0 Å². The molecule has 1 unspecified atom stereocenters. The van der Waals surface area contributed by atoms with Gasteiger partial charge in [0.1, 0.15) is 5.82 Å². The van der Waals surface area contributed by atoms with Crippen LogP contribution in [0.1, 0.15) is 12.0 Å². The van der Waals surface area contributed by atoms with E-state index in [4.69, 9.17) is 0 Å². The molecule has 4 heteroatoms. The minimum atomic E-state index is -0.275. The zero-order chi connectivity index (χ0) is 11.0. The largest absolute Gasteiger partial charge is 0.311 e. The van der Waals surface area contributed by atoms with E-state index >= 15 is 0 Å². The van der Waals surface area contributed by atoms with Crippen molar-refractivity contribution >= 4 is 24.2 Å². The molecule has 1 aliphatic heterocycles. The van der Waals surface area contributed by atoms with Crippen molar-refractivity contribution in [2.24, 2.45) is 0 Å². The van der Waals surface area contributed by atoms with Crippen LogP contribution in [-0.2, 0) is 4.79 Å². The molecule has 0 aliphatic carbocycles. The first kappa shape index (κ1) is 10.5. The van der Waals surface area contributed by atoms with Crippen LogP contribution in [0, 0.1) is 12.7 Å². The smallest absolute Gasteiger partial charge is 0.228 e. The number of halogens is 1. The molecule has 2 rings (SSSR count). The summed E-state index contributed by atoms with van der Waals surface area (Å²) in [5.41, 5.74) is 1.19. The van der Waals surface area contributed by atoms with Gasteiger partial charge in [-0.2, -0.15) is 12.6 Å². The number of anilines is 1. The Morgan fingerprint density at radius 1 is 1.53 bits per heavy atom. The third-order valence-corrected chi connectivity index (χ3v) is 2.98. The van der Waals surface area contributed by atoms with Gasteiger partial charge in [0.05, 0.1) is 0 Å². The van der Waals surface area contributed by atoms with E-state index < -0.39 is 0 Å². The molecule has 1 fully saturated rings. The summed E-state index contributed by atoms with van der Waals surface area (Å²) >= 11 is 4.27. The molecule has 1 aromatic carbocycles. The van der Waals surface area contributed by atoms with Crippen molar-refractivity contribution in [3.8, 4) is 0 Å². The standard InChI is InChI=1S/C11H12FNOS/c1-7-9(12)3-2-4-10(7)13-6-8(15)5-11(13)14/h2-4,8,15H,5-6H2,1H3. The Morgan fingerprint density at radius 2 is 2.27 bits per heavy atom. The lowest BCUT2D eigenvalue weighted by molar-refractivity contribution is -0.117. The molecule has 15 heavy (non-hydrogen) atoms. The molecule has 1 saturated heterocycles. The van der Waals surface area contributed by atoms with Gasteiger partial charge in [-0.1, -0.05) is 6.07 Å². The molecule has 1 heterocycles. The van der Waals surface area contributed by atoms with Gasteiger partial charge in [-0.05, 0) is 19.1 Å². The number of amides is 1. The lowest BCUT2D eigenvalue weighted by Gasteiger charge is -2.18. The summed E-state index contributed by atoms with van der Waals surface area (Å²) < 4.78 is 13.3. The molecule has 80 valence electrons. The van der Waals surface area contributed by atoms with Crippen LogP contribution in [0.25, 0.3) is 0 Å². The van der Waals surface area contributed by atoms with E-state index in [0.29, 0.717) is 24.2 Å². The minimum absolute atomic E-state index is 0.0173. The van der Waals surface area contributed by atoms with Gasteiger partial charge < -0.3 is 4.90 Å². The fraction of sp³-hybridized carbons (Fsp3) is 0.364. The molecular weight excluding hydrogens is 213 g/mol. The summed E-state index contributed by atoms with van der Waals surface area (Å²) in [5.74, 6) is -0.258. The third kappa shape index (κ3) is 1.86. The number of carbonyl (C=O) groups is 1. The Hall–Kier alpha value is -1.03. The average Bonchev–Trinajstić information content (AvgIpc) is 2.50. The SMILES string of the molecule is Cc1c(F)cccc1N1CC(S)CC1=O. The number of carbonyl (C=O) groups excluding carboxylic acids is 1. The highest BCUT2D eigenvalue weighted by molar-refractivity contribution is 7.81. The van der Waals surface area contributed by atoms with Crippen molar-refractivity contribution in [2.45, 2.75) is 18.6 Å². The topological polar surface area (TPSA) is 20.3 Å². The third-order valence-electron chi connectivity index (χ3n) is 2.63. The van der Waals surface area contributed by atoms with E-state index in [9.17, 15) is 9.18 Å². The molecule has 1 atom stereocenters. The van der Waals surface area contributed by atoms with E-state index in [2.05, 4.69) is 12.6 Å². The van der Waals surface area contributed by atoms with Gasteiger partial charge in [-0.25, -0.2) is 4.39 Å². The van der Waals surface area contributed by atoms with Gasteiger partial charge in [0.2, 0.25) is 5.91 Å². The number of hydrogen-bond acceptors (Lipinski definition) is 2. The van der Waals surface area contributed by atoms with Crippen LogP contribution in [-0.4, -0.2) is 17.7 Å². The number of benzene rings is 1. The molecule has 0 saturated carbocycles. The van der Waals surface area contributed by atoms with Crippen LogP contribution < -0.4 is 4.90 Å². The Kier molecular flexibility index (Phi) is 2.69. The van der Waals surface area contributed by atoms with E-state index in [1.54, 1.807) is 24.0 Å². The van der Waals surface area contributed by atoms with Crippen molar-refractivity contribution in [2.75, 3.05) is 11.4 Å². The second kappa shape index (κ2) is 3.85. The summed E-state index contributed by atoms with van der Waals surface area (Å²) in [6, 6.07) is 4.79. The van der Waals surface area contributed by atoms with Crippen molar-refractivity contribution in [3.63, 3.8) is 0 Å². The Labute approximate surface area is 93.5 Å². The predicted molar refractivity (Wildman–Crippen MR) is 60.9 cm³/mol. The maximum atomic E-state index is 13.3. The predicted octanol–water partition coefficient (Wildman–Crippen LogP) is 2.17. The normalized spacial score (nSPS) is 21.1.